The zero-order valence-corrected chi connectivity index (χ0v) is 50.4. The second kappa shape index (κ2) is 31.2. The second-order valence-corrected chi connectivity index (χ2v) is 22.6. The number of alkyl halides is 1. The molecule has 0 saturated carbocycles. The van der Waals surface area contributed by atoms with Gasteiger partial charge in [0.15, 0.2) is 0 Å². The Morgan fingerprint density at radius 1 is 0.754 bits per heavy atom. The summed E-state index contributed by atoms with van der Waals surface area (Å²) in [5.41, 5.74) is 10.3. The molecule has 0 saturated heterocycles. The van der Waals surface area contributed by atoms with Gasteiger partial charge in [-0.2, -0.15) is 4.98 Å². The Morgan fingerprint density at radius 3 is 1.57 bits per heavy atom. The van der Waals surface area contributed by atoms with Crippen LogP contribution in [0, 0.1) is 0 Å². The summed E-state index contributed by atoms with van der Waals surface area (Å²) in [7, 11) is 1.63. The van der Waals surface area contributed by atoms with E-state index in [9.17, 15) is 13.5 Å². The molecule has 3 N–H and O–H groups in total. The zero-order valence-electron chi connectivity index (χ0n) is 39.0. The molecule has 17 nitrogen and oxygen atoms in total. The van der Waals surface area contributed by atoms with Crippen LogP contribution in [0.5, 0.6) is 0 Å². The topological polar surface area (TPSA) is 231 Å². The van der Waals surface area contributed by atoms with Crippen molar-refractivity contribution in [1.82, 2.24) is 39.9 Å². The molecule has 0 radical (unpaired) electrons. The van der Waals surface area contributed by atoms with Gasteiger partial charge in [0.05, 0.1) is 59.3 Å². The van der Waals surface area contributed by atoms with Crippen LogP contribution in [0.2, 0.25) is 15.7 Å². The fourth-order valence-electron chi connectivity index (χ4n) is 4.70. The molecular weight excluding hydrogens is 1130 g/mol. The Hall–Kier alpha value is -1.12. The molecule has 0 atom stereocenters. The molecule has 6 aromatic rings. The SMILES string of the molecule is CN(C)c1cnc(-c2ccc(N)c(P(C)(C)=O)c2)cn1.CN(C)c1cnc(-c2ccc(Nc3nc(Cl)ncc3Br)c(P(C)(C)=O)c2)cn1.Clc1ncc(Br)c(Cl)n1.O=CO[O-].[2H]CF.[H-].[K+].[K+]. The normalized spacial score (nSPS) is 10.4. The number of aromatic nitrogens is 8. The molecule has 0 amide bonds. The molecule has 0 aliphatic heterocycles. The molecule has 0 unspecified atom stereocenters. The Labute approximate surface area is 497 Å². The first-order valence-corrected chi connectivity index (χ1v) is 25.4. The molecule has 2 aromatic carbocycles. The van der Waals surface area contributed by atoms with E-state index in [2.05, 4.69) is 81.9 Å². The number of carbonyl (C=O) groups excluding carboxylic acids is 1. The van der Waals surface area contributed by atoms with E-state index in [1.54, 1.807) is 63.7 Å². The summed E-state index contributed by atoms with van der Waals surface area (Å²) in [5, 5.41) is 13.6. The van der Waals surface area contributed by atoms with Gasteiger partial charge in [-0.05, 0) is 106 Å². The quantitative estimate of drug-likeness (QED) is 0.0309. The first-order valence-electron chi connectivity index (χ1n) is 18.2. The van der Waals surface area contributed by atoms with Crippen molar-refractivity contribution in [3.05, 3.63) is 98.2 Å². The molecule has 65 heavy (non-hydrogen) atoms. The Kier molecular flexibility index (Phi) is 29.7. The van der Waals surface area contributed by atoms with Gasteiger partial charge >= 0.3 is 103 Å². The molecule has 6 rings (SSSR count). The first kappa shape index (κ1) is 61.9. The fourth-order valence-corrected chi connectivity index (χ4v) is 7.93. The van der Waals surface area contributed by atoms with E-state index in [4.69, 9.17) is 52.0 Å². The van der Waals surface area contributed by atoms with Crippen LogP contribution < -0.4 is 139 Å². The van der Waals surface area contributed by atoms with Crippen LogP contribution in [0.1, 0.15) is 2.80 Å². The van der Waals surface area contributed by atoms with Gasteiger partial charge in [-0.1, -0.05) is 23.7 Å². The molecule has 0 aliphatic rings. The summed E-state index contributed by atoms with van der Waals surface area (Å²) in [4.78, 5) is 48.0. The van der Waals surface area contributed by atoms with Crippen LogP contribution in [0.4, 0.5) is 33.2 Å². The van der Waals surface area contributed by atoms with E-state index in [1.807, 2.05) is 68.3 Å². The smallest absolute Gasteiger partial charge is 1.00 e. The number of carbonyl (C=O) groups is 1. The fraction of sp³-hybridized carbons (Fsp3) is 0.237. The van der Waals surface area contributed by atoms with Crippen LogP contribution >= 0.6 is 80.9 Å². The Balaban J connectivity index is 0. The molecule has 0 aliphatic carbocycles. The Morgan fingerprint density at radius 2 is 1.18 bits per heavy atom. The van der Waals surface area contributed by atoms with Crippen LogP contribution in [0.3, 0.4) is 0 Å². The number of benzene rings is 2. The molecule has 0 bridgehead atoms. The summed E-state index contributed by atoms with van der Waals surface area (Å²) in [6.07, 6.45) is 9.89. The maximum atomic E-state index is 13.0. The number of rotatable bonds is 9. The maximum absolute atomic E-state index is 13.0. The molecule has 0 spiro atoms. The average Bonchev–Trinajstić information content (AvgIpc) is 3.24. The van der Waals surface area contributed by atoms with E-state index in [-0.39, 0.29) is 121 Å². The van der Waals surface area contributed by atoms with Gasteiger partial charge in [0.2, 0.25) is 10.6 Å². The van der Waals surface area contributed by atoms with E-state index in [0.29, 0.717) is 47.6 Å². The van der Waals surface area contributed by atoms with Crippen molar-refractivity contribution in [3.8, 4) is 22.5 Å². The zero-order chi connectivity index (χ0) is 48.4. The second-order valence-electron chi connectivity index (χ2n) is 13.4. The van der Waals surface area contributed by atoms with Crippen LogP contribution in [0.15, 0.2) is 82.5 Å². The number of hydrogen-bond donors (Lipinski definition) is 2. The van der Waals surface area contributed by atoms with Gasteiger partial charge in [-0.15, -0.1) is 0 Å². The van der Waals surface area contributed by atoms with Crippen LogP contribution in [0.25, 0.3) is 22.5 Å². The number of hydrogen-bond acceptors (Lipinski definition) is 17. The van der Waals surface area contributed by atoms with Gasteiger partial charge in [-0.25, -0.2) is 24.9 Å². The van der Waals surface area contributed by atoms with E-state index in [0.717, 1.165) is 28.5 Å². The van der Waals surface area contributed by atoms with Crippen molar-refractivity contribution in [2.24, 2.45) is 0 Å². The number of halogens is 6. The predicted molar refractivity (Wildman–Crippen MR) is 259 cm³/mol. The number of anilines is 5. The molecule has 27 heteroatoms. The molecule has 4 heterocycles. The van der Waals surface area contributed by atoms with E-state index >= 15 is 0 Å². The van der Waals surface area contributed by atoms with Gasteiger partial charge in [0.1, 0.15) is 36.9 Å². The standard InChI is InChI=1S/C18H19BrClN6OP.C14H19N4OP.C4HBrCl2N2.CH3F.CH2O3.2K.H/c1-26(2)16-10-21-14(9-22-16)11-5-6-13(15(7-11)28(3,4)27)24-17-12(19)8-23-18(20)25-17;1-18(2)14-9-16-12(8-17-14)10-5-6-11(15)13(7-10)20(3,4)19;5-2-1-8-4(7)9-3(2)6;1-2;2-1-4-3;;;/h5-10H,1-4H3,(H,23,24,25);5-9H,15H2,1-4H3;1H;1H3;1,3H;;;/q;;;;;2*+1;-1/p-1/i;;;1D;;;;. The van der Waals surface area contributed by atoms with Crippen molar-refractivity contribution in [1.29, 1.82) is 0 Å². The third kappa shape index (κ3) is 21.6. The number of nitrogens with two attached hydrogens (primary N) is 1. The van der Waals surface area contributed by atoms with Crippen LogP contribution in [-0.4, -0.2) is 108 Å². The Bertz CT molecular complexity index is 2570. The van der Waals surface area contributed by atoms with E-state index in [1.165, 1.54) is 6.20 Å². The minimum Gasteiger partial charge on any atom is -1.00 e. The summed E-state index contributed by atoms with van der Waals surface area (Å²) in [5.74, 6) is 2.06. The summed E-state index contributed by atoms with van der Waals surface area (Å²) in [6.45, 7) is 6.69. The number of nitrogen functional groups attached to an aromatic ring is 1. The summed E-state index contributed by atoms with van der Waals surface area (Å²) < 4.78 is 42.0. The molecule has 0 fully saturated rings. The third-order valence-electron chi connectivity index (χ3n) is 7.65. The minimum atomic E-state index is -2.60. The molecule has 4 aromatic heterocycles. The first-order chi connectivity index (χ1) is 30.0. The summed E-state index contributed by atoms with van der Waals surface area (Å²) >= 11 is 23.3. The van der Waals surface area contributed by atoms with Crippen molar-refractivity contribution < 1.29 is 134 Å². The maximum Gasteiger partial charge on any atom is 1.00 e. The van der Waals surface area contributed by atoms with Crippen molar-refractivity contribution >= 4 is 127 Å². The van der Waals surface area contributed by atoms with Crippen molar-refractivity contribution in [2.75, 3.05) is 82.9 Å². The van der Waals surface area contributed by atoms with E-state index < -0.39 is 21.4 Å². The molecule has 340 valence electrons. The monoisotopic (exact) mass is 1170 g/mol. The minimum absolute atomic E-state index is 0. The predicted octanol–water partition coefficient (Wildman–Crippen LogP) is 2.13. The average molecular weight is 1180 g/mol. The number of nitrogens with one attached hydrogen (secondary N) is 1. The summed E-state index contributed by atoms with van der Waals surface area (Å²) in [6, 6.07) is 11.1. The van der Waals surface area contributed by atoms with Gasteiger partial charge in [-0.3, -0.25) is 19.2 Å². The van der Waals surface area contributed by atoms with Crippen molar-refractivity contribution in [3.63, 3.8) is 0 Å². The van der Waals surface area contributed by atoms with Gasteiger partial charge < -0.3 is 41.6 Å². The largest absolute Gasteiger partial charge is 1.00 e. The number of nitrogens with zero attached hydrogens (tertiary/aromatic N) is 10. The van der Waals surface area contributed by atoms with Gasteiger partial charge in [0, 0.05) is 68.0 Å². The van der Waals surface area contributed by atoms with Crippen molar-refractivity contribution in [2.45, 2.75) is 0 Å². The van der Waals surface area contributed by atoms with Crippen LogP contribution in [-0.2, 0) is 18.8 Å². The molecular formula is C38H44Br2Cl3FK2N12O5P2. The third-order valence-corrected chi connectivity index (χ3v) is 12.8. The van der Waals surface area contributed by atoms with Gasteiger partial charge in [0.25, 0.3) is 6.47 Å².